The first-order valence-corrected chi connectivity index (χ1v) is 12.3. The molecule has 3 rings (SSSR count). The summed E-state index contributed by atoms with van der Waals surface area (Å²) in [5.74, 6) is 1.32. The predicted molar refractivity (Wildman–Crippen MR) is 150 cm³/mol. The molecule has 0 saturated carbocycles. The maximum absolute atomic E-state index is 13.0. The second-order valence-electron chi connectivity index (χ2n) is 8.06. The number of ether oxygens (including phenoxy) is 8. The molecule has 12 heteroatoms. The summed E-state index contributed by atoms with van der Waals surface area (Å²) >= 11 is 0. The molecule has 0 spiro atoms. The average Bonchev–Trinajstić information content (AvgIpc) is 3.00. The van der Waals surface area contributed by atoms with Crippen LogP contribution >= 0.6 is 0 Å². The standard InChI is InChI=1S/C29H32N2O10/c1-8-40-21-11-17(16-30-31-28(32)18-12-22(34-2)26(38-6)23(13-18)35-3)9-10-20(21)41-29(33)19-14-24(36-4)27(39-7)25(15-19)37-5/h9-16H,8H2,1-7H3,(H,31,32)/b30-16-. The minimum atomic E-state index is -0.663. The fraction of sp³-hybridized carbons (Fsp3) is 0.276. The van der Waals surface area contributed by atoms with Crippen molar-refractivity contribution in [1.82, 2.24) is 5.43 Å². The lowest BCUT2D eigenvalue weighted by atomic mass is 10.1. The van der Waals surface area contributed by atoms with Crippen LogP contribution in [-0.2, 0) is 0 Å². The molecule has 0 heterocycles. The largest absolute Gasteiger partial charge is 0.493 e. The van der Waals surface area contributed by atoms with Crippen LogP contribution in [0.5, 0.6) is 46.0 Å². The number of amides is 1. The van der Waals surface area contributed by atoms with Crippen LogP contribution in [-0.4, -0.2) is 67.4 Å². The lowest BCUT2D eigenvalue weighted by Gasteiger charge is -2.15. The Morgan fingerprint density at radius 2 is 1.20 bits per heavy atom. The third-order valence-electron chi connectivity index (χ3n) is 5.68. The van der Waals surface area contributed by atoms with Crippen molar-refractivity contribution in [2.24, 2.45) is 5.10 Å². The molecule has 0 radical (unpaired) electrons. The van der Waals surface area contributed by atoms with Crippen LogP contribution in [0.2, 0.25) is 0 Å². The van der Waals surface area contributed by atoms with E-state index in [0.29, 0.717) is 52.4 Å². The van der Waals surface area contributed by atoms with Gasteiger partial charge in [0.2, 0.25) is 11.5 Å². The van der Waals surface area contributed by atoms with Gasteiger partial charge in [0.05, 0.1) is 61.0 Å². The fourth-order valence-electron chi connectivity index (χ4n) is 3.76. The zero-order chi connectivity index (χ0) is 29.9. The Bertz CT molecular complexity index is 1370. The van der Waals surface area contributed by atoms with Gasteiger partial charge >= 0.3 is 5.97 Å². The van der Waals surface area contributed by atoms with Crippen LogP contribution in [0.4, 0.5) is 0 Å². The molecule has 3 aromatic rings. The number of hydrogen-bond acceptors (Lipinski definition) is 11. The van der Waals surface area contributed by atoms with Gasteiger partial charge in [-0.05, 0) is 55.0 Å². The first-order chi connectivity index (χ1) is 19.8. The molecule has 0 atom stereocenters. The summed E-state index contributed by atoms with van der Waals surface area (Å²) in [6, 6.07) is 10.8. The maximum Gasteiger partial charge on any atom is 0.343 e. The van der Waals surface area contributed by atoms with Crippen molar-refractivity contribution in [3.05, 3.63) is 59.2 Å². The third kappa shape index (κ3) is 7.10. The summed E-state index contributed by atoms with van der Waals surface area (Å²) in [5.41, 5.74) is 3.47. The van der Waals surface area contributed by atoms with E-state index < -0.39 is 11.9 Å². The molecule has 12 nitrogen and oxygen atoms in total. The highest BCUT2D eigenvalue weighted by molar-refractivity contribution is 5.96. The molecule has 1 N–H and O–H groups in total. The summed E-state index contributed by atoms with van der Waals surface area (Å²) in [5, 5.41) is 4.03. The molecule has 0 unspecified atom stereocenters. The molecule has 0 fully saturated rings. The number of hydrogen-bond donors (Lipinski definition) is 1. The van der Waals surface area contributed by atoms with Gasteiger partial charge < -0.3 is 37.9 Å². The second-order valence-corrected chi connectivity index (χ2v) is 8.06. The molecular weight excluding hydrogens is 536 g/mol. The Morgan fingerprint density at radius 3 is 1.66 bits per heavy atom. The summed E-state index contributed by atoms with van der Waals surface area (Å²) < 4.78 is 43.1. The van der Waals surface area contributed by atoms with Gasteiger partial charge in [0.15, 0.2) is 34.5 Å². The molecular formula is C29H32N2O10. The van der Waals surface area contributed by atoms with Crippen LogP contribution < -0.4 is 43.3 Å². The number of methoxy groups -OCH3 is 6. The van der Waals surface area contributed by atoms with Crippen molar-refractivity contribution in [3.63, 3.8) is 0 Å². The first kappa shape index (κ1) is 30.4. The van der Waals surface area contributed by atoms with Crippen LogP contribution in [0, 0.1) is 0 Å². The van der Waals surface area contributed by atoms with Gasteiger partial charge in [-0.3, -0.25) is 4.79 Å². The summed E-state index contributed by atoms with van der Waals surface area (Å²) in [4.78, 5) is 25.7. The highest BCUT2D eigenvalue weighted by Gasteiger charge is 2.20. The van der Waals surface area contributed by atoms with E-state index in [0.717, 1.165) is 0 Å². The van der Waals surface area contributed by atoms with Gasteiger partial charge in [-0.15, -0.1) is 0 Å². The van der Waals surface area contributed by atoms with Crippen LogP contribution in [0.1, 0.15) is 33.2 Å². The third-order valence-corrected chi connectivity index (χ3v) is 5.68. The quantitative estimate of drug-likeness (QED) is 0.139. The minimum absolute atomic E-state index is 0.182. The number of esters is 1. The molecule has 1 amide bonds. The Kier molecular flexibility index (Phi) is 10.6. The van der Waals surface area contributed by atoms with E-state index in [2.05, 4.69) is 10.5 Å². The van der Waals surface area contributed by atoms with Crippen molar-refractivity contribution >= 4 is 18.1 Å². The molecule has 0 saturated heterocycles. The van der Waals surface area contributed by atoms with E-state index in [-0.39, 0.29) is 16.9 Å². The highest BCUT2D eigenvalue weighted by Crippen LogP contribution is 2.39. The summed E-state index contributed by atoms with van der Waals surface area (Å²) in [7, 11) is 8.76. The fourth-order valence-corrected chi connectivity index (χ4v) is 3.76. The maximum atomic E-state index is 13.0. The predicted octanol–water partition coefficient (Wildman–Crippen LogP) is 4.12. The number of carbonyl (C=O) groups excluding carboxylic acids is 2. The Morgan fingerprint density at radius 1 is 0.683 bits per heavy atom. The molecule has 218 valence electrons. The molecule has 0 aliphatic rings. The van der Waals surface area contributed by atoms with E-state index in [1.165, 1.54) is 73.1 Å². The Labute approximate surface area is 237 Å². The first-order valence-electron chi connectivity index (χ1n) is 12.3. The van der Waals surface area contributed by atoms with Crippen molar-refractivity contribution < 1.29 is 47.5 Å². The summed E-state index contributed by atoms with van der Waals surface area (Å²) in [6.07, 6.45) is 1.42. The van der Waals surface area contributed by atoms with Crippen LogP contribution in [0.3, 0.4) is 0 Å². The van der Waals surface area contributed by atoms with Crippen LogP contribution in [0.15, 0.2) is 47.6 Å². The molecule has 41 heavy (non-hydrogen) atoms. The molecule has 0 aliphatic heterocycles. The van der Waals surface area contributed by atoms with E-state index in [4.69, 9.17) is 37.9 Å². The van der Waals surface area contributed by atoms with Crippen molar-refractivity contribution in [3.8, 4) is 46.0 Å². The number of benzene rings is 3. The average molecular weight is 569 g/mol. The van der Waals surface area contributed by atoms with Gasteiger partial charge in [0.1, 0.15) is 0 Å². The van der Waals surface area contributed by atoms with E-state index >= 15 is 0 Å². The van der Waals surface area contributed by atoms with Crippen molar-refractivity contribution in [2.45, 2.75) is 6.92 Å². The number of nitrogens with zero attached hydrogens (tertiary/aromatic N) is 1. The number of rotatable bonds is 13. The molecule has 0 aromatic heterocycles. The smallest absolute Gasteiger partial charge is 0.343 e. The number of hydrazone groups is 1. The lowest BCUT2D eigenvalue weighted by molar-refractivity contribution is 0.0727. The SMILES string of the molecule is CCOc1cc(/C=N\NC(=O)c2cc(OC)c(OC)c(OC)c2)ccc1OC(=O)c1cc(OC)c(OC)c(OC)c1. The zero-order valence-electron chi connectivity index (χ0n) is 23.9. The Hall–Kier alpha value is -5.13. The van der Waals surface area contributed by atoms with Crippen molar-refractivity contribution in [1.29, 1.82) is 0 Å². The molecule has 3 aromatic carbocycles. The van der Waals surface area contributed by atoms with Gasteiger partial charge in [0, 0.05) is 5.56 Å². The van der Waals surface area contributed by atoms with Gasteiger partial charge in [-0.25, -0.2) is 10.2 Å². The molecule has 0 bridgehead atoms. The topological polar surface area (TPSA) is 132 Å². The second kappa shape index (κ2) is 14.3. The normalized spacial score (nSPS) is 10.5. The van der Waals surface area contributed by atoms with E-state index in [1.807, 2.05) is 0 Å². The number of carbonyl (C=O) groups is 2. The highest BCUT2D eigenvalue weighted by atomic mass is 16.6. The van der Waals surface area contributed by atoms with Crippen molar-refractivity contribution in [2.75, 3.05) is 49.3 Å². The zero-order valence-corrected chi connectivity index (χ0v) is 23.9. The van der Waals surface area contributed by atoms with Crippen LogP contribution in [0.25, 0.3) is 0 Å². The molecule has 0 aliphatic carbocycles. The monoisotopic (exact) mass is 568 g/mol. The Balaban J connectivity index is 1.79. The van der Waals surface area contributed by atoms with Gasteiger partial charge in [0.25, 0.3) is 5.91 Å². The van der Waals surface area contributed by atoms with Gasteiger partial charge in [-0.2, -0.15) is 5.10 Å². The van der Waals surface area contributed by atoms with E-state index in [9.17, 15) is 9.59 Å². The minimum Gasteiger partial charge on any atom is -0.493 e. The summed E-state index contributed by atoms with van der Waals surface area (Å²) in [6.45, 7) is 2.11. The number of nitrogens with one attached hydrogen (secondary N) is 1. The lowest BCUT2D eigenvalue weighted by Crippen LogP contribution is -2.18. The van der Waals surface area contributed by atoms with E-state index in [1.54, 1.807) is 25.1 Å². The van der Waals surface area contributed by atoms with Gasteiger partial charge in [-0.1, -0.05) is 0 Å².